The quantitative estimate of drug-likeness (QED) is 0.699. The van der Waals surface area contributed by atoms with Crippen molar-refractivity contribution in [2.45, 2.75) is 23.8 Å². The number of nitrogens with zero attached hydrogens (tertiary/aromatic N) is 4. The predicted molar refractivity (Wildman–Crippen MR) is 108 cm³/mol. The second-order valence-electron chi connectivity index (χ2n) is 7.22. The second kappa shape index (κ2) is 9.07. The first-order chi connectivity index (χ1) is 14.5. The van der Waals surface area contributed by atoms with Crippen LogP contribution in [0.4, 0.5) is 0 Å². The molecule has 3 heterocycles. The highest BCUT2D eigenvalue weighted by atomic mass is 32.2. The van der Waals surface area contributed by atoms with Gasteiger partial charge in [0.25, 0.3) is 5.91 Å². The van der Waals surface area contributed by atoms with Crippen LogP contribution in [0.25, 0.3) is 0 Å². The Morgan fingerprint density at radius 3 is 2.57 bits per heavy atom. The molecule has 2 fully saturated rings. The van der Waals surface area contributed by atoms with E-state index in [1.807, 2.05) is 0 Å². The lowest BCUT2D eigenvalue weighted by molar-refractivity contribution is 0.0527. The Morgan fingerprint density at radius 2 is 1.87 bits per heavy atom. The largest absolute Gasteiger partial charge is 0.471 e. The zero-order valence-corrected chi connectivity index (χ0v) is 17.3. The molecule has 1 amide bonds. The molecule has 2 aliphatic heterocycles. The van der Waals surface area contributed by atoms with Crippen LogP contribution < -0.4 is 4.74 Å². The average Bonchev–Trinajstić information content (AvgIpc) is 2.80. The molecule has 1 unspecified atom stereocenters. The monoisotopic (exact) mass is 432 g/mol. The highest BCUT2D eigenvalue weighted by Gasteiger charge is 2.28. The van der Waals surface area contributed by atoms with E-state index >= 15 is 0 Å². The zero-order chi connectivity index (χ0) is 21.0. The van der Waals surface area contributed by atoms with Gasteiger partial charge in [0.15, 0.2) is 0 Å². The zero-order valence-electron chi connectivity index (χ0n) is 16.5. The van der Waals surface area contributed by atoms with Gasteiger partial charge in [-0.1, -0.05) is 0 Å². The van der Waals surface area contributed by atoms with Gasteiger partial charge in [-0.2, -0.15) is 4.31 Å². The van der Waals surface area contributed by atoms with Crippen molar-refractivity contribution < 1.29 is 22.7 Å². The number of morpholine rings is 1. The number of hydrogen-bond acceptors (Lipinski definition) is 7. The minimum atomic E-state index is -3.58. The van der Waals surface area contributed by atoms with Gasteiger partial charge in [-0.3, -0.25) is 9.78 Å². The van der Waals surface area contributed by atoms with E-state index in [0.29, 0.717) is 50.8 Å². The van der Waals surface area contributed by atoms with Gasteiger partial charge in [0, 0.05) is 37.6 Å². The summed E-state index contributed by atoms with van der Waals surface area (Å²) in [5.41, 5.74) is 0.455. The van der Waals surface area contributed by atoms with Crippen molar-refractivity contribution in [3.63, 3.8) is 0 Å². The topological polar surface area (TPSA) is 102 Å². The summed E-state index contributed by atoms with van der Waals surface area (Å²) >= 11 is 0. The maximum absolute atomic E-state index is 12.9. The Kier molecular flexibility index (Phi) is 6.26. The van der Waals surface area contributed by atoms with E-state index in [1.54, 1.807) is 35.6 Å². The smallest absolute Gasteiger partial charge is 0.253 e. The van der Waals surface area contributed by atoms with Gasteiger partial charge in [-0.25, -0.2) is 13.4 Å². The Hall–Kier alpha value is -2.56. The molecule has 1 atom stereocenters. The molecule has 2 aromatic rings. The summed E-state index contributed by atoms with van der Waals surface area (Å²) < 4.78 is 37.9. The van der Waals surface area contributed by atoms with E-state index < -0.39 is 10.0 Å². The van der Waals surface area contributed by atoms with Crippen LogP contribution in [-0.4, -0.2) is 79.0 Å². The average molecular weight is 433 g/mol. The van der Waals surface area contributed by atoms with Crippen LogP contribution in [0.3, 0.4) is 0 Å². The number of sulfonamides is 1. The summed E-state index contributed by atoms with van der Waals surface area (Å²) in [4.78, 5) is 22.9. The first-order valence-corrected chi connectivity index (χ1v) is 11.4. The number of benzene rings is 1. The maximum atomic E-state index is 12.9. The predicted octanol–water partition coefficient (Wildman–Crippen LogP) is 1.18. The molecular weight excluding hydrogens is 408 g/mol. The minimum Gasteiger partial charge on any atom is -0.471 e. The molecule has 0 aliphatic carbocycles. The van der Waals surface area contributed by atoms with Crippen LogP contribution in [0, 0.1) is 0 Å². The van der Waals surface area contributed by atoms with Gasteiger partial charge in [-0.05, 0) is 37.1 Å². The van der Waals surface area contributed by atoms with Gasteiger partial charge in [0.2, 0.25) is 15.9 Å². The molecule has 10 heteroatoms. The fourth-order valence-electron chi connectivity index (χ4n) is 3.62. The molecule has 0 saturated carbocycles. The van der Waals surface area contributed by atoms with Gasteiger partial charge in [-0.15, -0.1) is 0 Å². The van der Waals surface area contributed by atoms with E-state index in [9.17, 15) is 13.2 Å². The summed E-state index contributed by atoms with van der Waals surface area (Å²) in [6.07, 6.45) is 6.19. The van der Waals surface area contributed by atoms with E-state index in [1.165, 1.54) is 16.4 Å². The summed E-state index contributed by atoms with van der Waals surface area (Å²) in [5.74, 6) is 0.298. The van der Waals surface area contributed by atoms with Crippen LogP contribution in [0.5, 0.6) is 5.88 Å². The standard InChI is InChI=1S/C20H24N4O5S/c25-20(23-9-1-2-17(15-23)29-19-14-21-7-8-22-19)16-3-5-18(6-4-16)30(26,27)24-10-12-28-13-11-24/h3-8,14,17H,1-2,9-13,15H2. The number of likely N-dealkylation sites (tertiary alicyclic amines) is 1. The lowest BCUT2D eigenvalue weighted by Crippen LogP contribution is -2.44. The van der Waals surface area contributed by atoms with Gasteiger partial charge in [0.1, 0.15) is 6.10 Å². The summed E-state index contributed by atoms with van der Waals surface area (Å²) in [7, 11) is -3.58. The number of amides is 1. The van der Waals surface area contributed by atoms with Gasteiger partial charge >= 0.3 is 0 Å². The lowest BCUT2D eigenvalue weighted by atomic mass is 10.1. The van der Waals surface area contributed by atoms with E-state index in [2.05, 4.69) is 9.97 Å². The number of hydrogen-bond donors (Lipinski definition) is 0. The molecule has 2 saturated heterocycles. The van der Waals surface area contributed by atoms with Crippen LogP contribution in [0.15, 0.2) is 47.8 Å². The van der Waals surface area contributed by atoms with Crippen molar-refractivity contribution in [3.8, 4) is 5.88 Å². The Bertz CT molecular complexity index is 962. The van der Waals surface area contributed by atoms with E-state index in [4.69, 9.17) is 9.47 Å². The Labute approximate surface area is 175 Å². The fraction of sp³-hybridized carbons (Fsp3) is 0.450. The molecular formula is C20H24N4O5S. The molecule has 30 heavy (non-hydrogen) atoms. The molecule has 1 aromatic heterocycles. The third-order valence-corrected chi connectivity index (χ3v) is 7.11. The second-order valence-corrected chi connectivity index (χ2v) is 9.16. The molecule has 0 N–H and O–H groups in total. The number of piperidine rings is 1. The highest BCUT2D eigenvalue weighted by molar-refractivity contribution is 7.89. The maximum Gasteiger partial charge on any atom is 0.253 e. The Morgan fingerprint density at radius 1 is 1.10 bits per heavy atom. The highest BCUT2D eigenvalue weighted by Crippen LogP contribution is 2.21. The molecule has 160 valence electrons. The molecule has 9 nitrogen and oxygen atoms in total. The summed E-state index contributed by atoms with van der Waals surface area (Å²) in [6.45, 7) is 2.54. The number of rotatable bonds is 5. The summed E-state index contributed by atoms with van der Waals surface area (Å²) in [6, 6.07) is 6.14. The van der Waals surface area contributed by atoms with Crippen molar-refractivity contribution in [1.29, 1.82) is 0 Å². The van der Waals surface area contributed by atoms with E-state index in [0.717, 1.165) is 12.8 Å². The number of aromatic nitrogens is 2. The summed E-state index contributed by atoms with van der Waals surface area (Å²) in [5, 5.41) is 0. The van der Waals surface area contributed by atoms with Crippen LogP contribution in [0.2, 0.25) is 0 Å². The molecule has 0 spiro atoms. The first kappa shape index (κ1) is 20.7. The van der Waals surface area contributed by atoms with Crippen molar-refractivity contribution >= 4 is 15.9 Å². The van der Waals surface area contributed by atoms with Crippen molar-refractivity contribution in [2.24, 2.45) is 0 Å². The molecule has 0 bridgehead atoms. The van der Waals surface area contributed by atoms with Crippen LogP contribution in [-0.2, 0) is 14.8 Å². The Balaban J connectivity index is 1.41. The van der Waals surface area contributed by atoms with Crippen molar-refractivity contribution in [2.75, 3.05) is 39.4 Å². The van der Waals surface area contributed by atoms with Gasteiger partial charge in [0.05, 0.1) is 30.9 Å². The normalized spacial score (nSPS) is 20.7. The SMILES string of the molecule is O=C(c1ccc(S(=O)(=O)N2CCOCC2)cc1)N1CCCC(Oc2cnccn2)C1. The third kappa shape index (κ3) is 4.61. The van der Waals surface area contributed by atoms with Gasteiger partial charge < -0.3 is 14.4 Å². The molecule has 4 rings (SSSR count). The molecule has 1 aromatic carbocycles. The fourth-order valence-corrected chi connectivity index (χ4v) is 5.03. The molecule has 0 radical (unpaired) electrons. The van der Waals surface area contributed by atoms with Crippen molar-refractivity contribution in [1.82, 2.24) is 19.2 Å². The number of carbonyl (C=O) groups excluding carboxylic acids is 1. The molecule has 2 aliphatic rings. The first-order valence-electron chi connectivity index (χ1n) is 9.94. The van der Waals surface area contributed by atoms with E-state index in [-0.39, 0.29) is 16.9 Å². The minimum absolute atomic E-state index is 0.141. The third-order valence-electron chi connectivity index (χ3n) is 5.20. The number of carbonyl (C=O) groups is 1. The number of ether oxygens (including phenoxy) is 2. The lowest BCUT2D eigenvalue weighted by Gasteiger charge is -2.32. The van der Waals surface area contributed by atoms with Crippen molar-refractivity contribution in [3.05, 3.63) is 48.4 Å². The van der Waals surface area contributed by atoms with Crippen LogP contribution >= 0.6 is 0 Å². The van der Waals surface area contributed by atoms with Crippen LogP contribution in [0.1, 0.15) is 23.2 Å².